The van der Waals surface area contributed by atoms with E-state index in [9.17, 15) is 13.6 Å². The van der Waals surface area contributed by atoms with Crippen molar-refractivity contribution in [1.29, 1.82) is 5.26 Å². The van der Waals surface area contributed by atoms with Crippen molar-refractivity contribution in [2.45, 2.75) is 51.1 Å². The number of fused-ring (bicyclic) bond motifs is 1. The van der Waals surface area contributed by atoms with Gasteiger partial charge < -0.3 is 4.90 Å². The summed E-state index contributed by atoms with van der Waals surface area (Å²) in [4.78, 5) is 18.3. The van der Waals surface area contributed by atoms with Crippen LogP contribution in [0, 0.1) is 16.7 Å². The SMILES string of the molecule is CC(F)(F)[C@]1(C)C[C@@H]2CC[C@@H](c3cncc(C#N)c3)N2C1=O. The van der Waals surface area contributed by atoms with E-state index in [1.165, 1.54) is 13.1 Å². The van der Waals surface area contributed by atoms with Gasteiger partial charge in [0.2, 0.25) is 5.91 Å². The van der Waals surface area contributed by atoms with Crippen LogP contribution in [0.2, 0.25) is 0 Å². The van der Waals surface area contributed by atoms with Gasteiger partial charge in [-0.3, -0.25) is 9.78 Å². The minimum Gasteiger partial charge on any atom is -0.332 e. The first kappa shape index (κ1) is 14.9. The molecule has 1 amide bonds. The molecule has 22 heavy (non-hydrogen) atoms. The molecule has 1 aromatic rings. The fraction of sp³-hybridized carbons (Fsp3) is 0.562. The quantitative estimate of drug-likeness (QED) is 0.844. The molecule has 0 radical (unpaired) electrons. The highest BCUT2D eigenvalue weighted by molar-refractivity contribution is 5.87. The van der Waals surface area contributed by atoms with Gasteiger partial charge in [0.1, 0.15) is 11.5 Å². The maximum Gasteiger partial charge on any atom is 0.259 e. The summed E-state index contributed by atoms with van der Waals surface area (Å²) in [5.41, 5.74) is -0.480. The Bertz CT molecular complexity index is 664. The van der Waals surface area contributed by atoms with Gasteiger partial charge in [0.15, 0.2) is 0 Å². The number of carbonyl (C=O) groups excluding carboxylic acids is 1. The molecule has 6 heteroatoms. The molecular weight excluding hydrogens is 288 g/mol. The summed E-state index contributed by atoms with van der Waals surface area (Å²) in [6, 6.07) is 3.29. The highest BCUT2D eigenvalue weighted by atomic mass is 19.3. The molecular formula is C16H17F2N3O. The zero-order valence-corrected chi connectivity index (χ0v) is 12.5. The van der Waals surface area contributed by atoms with E-state index in [1.54, 1.807) is 17.2 Å². The fourth-order valence-electron chi connectivity index (χ4n) is 3.63. The minimum atomic E-state index is -3.05. The third-order valence-corrected chi connectivity index (χ3v) is 5.10. The third kappa shape index (κ3) is 1.99. The Labute approximate surface area is 127 Å². The standard InChI is InChI=1S/C16H17F2N3O/c1-15(16(2,17)18)6-12-3-4-13(21(12)14(15)22)11-5-10(7-19)8-20-9-11/h5,8-9,12-13H,3-4,6H2,1-2H3/t12-,13-,15+/m0/s1. The summed E-state index contributed by atoms with van der Waals surface area (Å²) in [7, 11) is 0. The van der Waals surface area contributed by atoms with Crippen LogP contribution in [-0.2, 0) is 4.79 Å². The molecule has 116 valence electrons. The molecule has 3 rings (SSSR count). The Morgan fingerprint density at radius 2 is 2.18 bits per heavy atom. The highest BCUT2D eigenvalue weighted by Gasteiger charge is 2.62. The normalized spacial score (nSPS) is 31.2. The molecule has 2 aliphatic heterocycles. The van der Waals surface area contributed by atoms with Crippen molar-refractivity contribution >= 4 is 5.91 Å². The molecule has 3 atom stereocenters. The lowest BCUT2D eigenvalue weighted by Crippen LogP contribution is -2.44. The number of carbonyl (C=O) groups is 1. The number of rotatable bonds is 2. The largest absolute Gasteiger partial charge is 0.332 e. The maximum absolute atomic E-state index is 13.9. The van der Waals surface area contributed by atoms with Crippen LogP contribution in [0.4, 0.5) is 8.78 Å². The lowest BCUT2D eigenvalue weighted by molar-refractivity contribution is -0.156. The summed E-state index contributed by atoms with van der Waals surface area (Å²) < 4.78 is 27.8. The topological polar surface area (TPSA) is 57.0 Å². The number of aromatic nitrogens is 1. The predicted octanol–water partition coefficient (Wildman–Crippen LogP) is 3.05. The molecule has 2 aliphatic rings. The van der Waals surface area contributed by atoms with Gasteiger partial charge in [-0.15, -0.1) is 0 Å². The number of nitrogens with zero attached hydrogens (tertiary/aromatic N) is 3. The molecule has 0 aromatic carbocycles. The van der Waals surface area contributed by atoms with Gasteiger partial charge in [-0.1, -0.05) is 0 Å². The monoisotopic (exact) mass is 305 g/mol. The lowest BCUT2D eigenvalue weighted by atomic mass is 9.80. The number of amides is 1. The Kier molecular flexibility index (Phi) is 3.20. The predicted molar refractivity (Wildman–Crippen MR) is 74.9 cm³/mol. The van der Waals surface area contributed by atoms with Crippen molar-refractivity contribution in [2.75, 3.05) is 0 Å². The Morgan fingerprint density at radius 1 is 1.45 bits per heavy atom. The van der Waals surface area contributed by atoms with E-state index in [2.05, 4.69) is 4.98 Å². The molecule has 0 spiro atoms. The van der Waals surface area contributed by atoms with Gasteiger partial charge in [-0.05, 0) is 37.8 Å². The van der Waals surface area contributed by atoms with Gasteiger partial charge in [0, 0.05) is 25.4 Å². The Hall–Kier alpha value is -2.03. The smallest absolute Gasteiger partial charge is 0.259 e. The molecule has 2 fully saturated rings. The van der Waals surface area contributed by atoms with Crippen molar-refractivity contribution in [3.05, 3.63) is 29.6 Å². The van der Waals surface area contributed by atoms with Crippen molar-refractivity contribution < 1.29 is 13.6 Å². The number of hydrogen-bond acceptors (Lipinski definition) is 3. The number of hydrogen-bond donors (Lipinski definition) is 0. The van der Waals surface area contributed by atoms with E-state index < -0.39 is 17.2 Å². The molecule has 4 nitrogen and oxygen atoms in total. The Balaban J connectivity index is 1.95. The van der Waals surface area contributed by atoms with Crippen molar-refractivity contribution in [3.63, 3.8) is 0 Å². The lowest BCUT2D eigenvalue weighted by Gasteiger charge is -2.31. The van der Waals surface area contributed by atoms with Gasteiger partial charge in [0.25, 0.3) is 5.92 Å². The van der Waals surface area contributed by atoms with E-state index in [-0.39, 0.29) is 18.5 Å². The van der Waals surface area contributed by atoms with Crippen LogP contribution in [0.5, 0.6) is 0 Å². The van der Waals surface area contributed by atoms with Crippen LogP contribution < -0.4 is 0 Å². The molecule has 2 saturated heterocycles. The first-order valence-electron chi connectivity index (χ1n) is 7.33. The second-order valence-electron chi connectivity index (χ2n) is 6.50. The van der Waals surface area contributed by atoms with Crippen LogP contribution in [0.25, 0.3) is 0 Å². The number of nitriles is 1. The third-order valence-electron chi connectivity index (χ3n) is 5.10. The van der Waals surface area contributed by atoms with Gasteiger partial charge in [0.05, 0.1) is 11.6 Å². The van der Waals surface area contributed by atoms with Crippen LogP contribution >= 0.6 is 0 Å². The zero-order chi connectivity index (χ0) is 16.1. The van der Waals surface area contributed by atoms with E-state index >= 15 is 0 Å². The summed E-state index contributed by atoms with van der Waals surface area (Å²) in [5.74, 6) is -3.54. The molecule has 0 aliphatic carbocycles. The van der Waals surface area contributed by atoms with E-state index in [0.29, 0.717) is 12.0 Å². The summed E-state index contributed by atoms with van der Waals surface area (Å²) in [6.07, 6.45) is 4.67. The van der Waals surface area contributed by atoms with Crippen molar-refractivity contribution in [1.82, 2.24) is 9.88 Å². The first-order chi connectivity index (χ1) is 10.3. The molecule has 0 bridgehead atoms. The Morgan fingerprint density at radius 3 is 2.82 bits per heavy atom. The number of pyridine rings is 1. The number of alkyl halides is 2. The van der Waals surface area contributed by atoms with Crippen molar-refractivity contribution in [2.24, 2.45) is 5.41 Å². The van der Waals surface area contributed by atoms with E-state index in [4.69, 9.17) is 5.26 Å². The average Bonchev–Trinajstić information content (AvgIpc) is 2.98. The van der Waals surface area contributed by atoms with Crippen LogP contribution in [0.1, 0.15) is 50.3 Å². The fourth-order valence-corrected chi connectivity index (χ4v) is 3.63. The maximum atomic E-state index is 13.9. The number of halogens is 2. The van der Waals surface area contributed by atoms with Gasteiger partial charge >= 0.3 is 0 Å². The average molecular weight is 305 g/mol. The van der Waals surface area contributed by atoms with Crippen molar-refractivity contribution in [3.8, 4) is 6.07 Å². The second-order valence-corrected chi connectivity index (χ2v) is 6.50. The minimum absolute atomic E-state index is 0.154. The molecule has 0 saturated carbocycles. The van der Waals surface area contributed by atoms with Crippen LogP contribution in [0.3, 0.4) is 0 Å². The summed E-state index contributed by atoms with van der Waals surface area (Å²) in [6.45, 7) is 2.18. The van der Waals surface area contributed by atoms with Gasteiger partial charge in [-0.25, -0.2) is 8.78 Å². The van der Waals surface area contributed by atoms with Crippen LogP contribution in [-0.4, -0.2) is 27.8 Å². The molecule has 0 unspecified atom stereocenters. The highest BCUT2D eigenvalue weighted by Crippen LogP contribution is 2.54. The molecule has 3 heterocycles. The van der Waals surface area contributed by atoms with E-state index in [0.717, 1.165) is 18.9 Å². The summed E-state index contributed by atoms with van der Waals surface area (Å²) >= 11 is 0. The molecule has 0 N–H and O–H groups in total. The summed E-state index contributed by atoms with van der Waals surface area (Å²) in [5, 5.41) is 8.96. The van der Waals surface area contributed by atoms with E-state index in [1.807, 2.05) is 6.07 Å². The van der Waals surface area contributed by atoms with Gasteiger partial charge in [-0.2, -0.15) is 5.26 Å². The van der Waals surface area contributed by atoms with Crippen LogP contribution in [0.15, 0.2) is 18.5 Å². The first-order valence-corrected chi connectivity index (χ1v) is 7.33. The second kappa shape index (κ2) is 4.73. The molecule has 1 aromatic heterocycles. The zero-order valence-electron chi connectivity index (χ0n) is 12.5.